The summed E-state index contributed by atoms with van der Waals surface area (Å²) in [5.41, 5.74) is 2.67. The first-order chi connectivity index (χ1) is 11.8. The van der Waals surface area contributed by atoms with Gasteiger partial charge in [0.25, 0.3) is 0 Å². The Morgan fingerprint density at radius 2 is 2.00 bits per heavy atom. The van der Waals surface area contributed by atoms with Crippen molar-refractivity contribution in [1.82, 2.24) is 19.7 Å². The molecule has 5 nitrogen and oxygen atoms in total. The van der Waals surface area contributed by atoms with Crippen molar-refractivity contribution in [3.05, 3.63) is 54.5 Å². The van der Waals surface area contributed by atoms with Gasteiger partial charge in [-0.3, -0.25) is 4.68 Å². The van der Waals surface area contributed by atoms with Crippen molar-refractivity contribution in [2.45, 2.75) is 31.4 Å². The number of aliphatic hydroxyl groups excluding tert-OH is 1. The first kappa shape index (κ1) is 15.4. The Balaban J connectivity index is 1.33. The van der Waals surface area contributed by atoms with Gasteiger partial charge in [0.1, 0.15) is 0 Å². The summed E-state index contributed by atoms with van der Waals surface area (Å²) >= 11 is 0. The summed E-state index contributed by atoms with van der Waals surface area (Å²) < 4.78 is 1.79. The van der Waals surface area contributed by atoms with Gasteiger partial charge in [0.15, 0.2) is 0 Å². The van der Waals surface area contributed by atoms with E-state index in [1.807, 2.05) is 12.3 Å². The van der Waals surface area contributed by atoms with Crippen LogP contribution in [0.2, 0.25) is 0 Å². The fourth-order valence-electron chi connectivity index (χ4n) is 3.84. The number of aliphatic hydroxyl groups is 1. The van der Waals surface area contributed by atoms with Crippen molar-refractivity contribution in [2.75, 3.05) is 19.6 Å². The molecule has 0 amide bonds. The number of H-pyrrole nitrogens is 1. The van der Waals surface area contributed by atoms with Crippen LogP contribution in [0.4, 0.5) is 0 Å². The second kappa shape index (κ2) is 6.79. The average Bonchev–Trinajstić information content (AvgIpc) is 3.25. The monoisotopic (exact) mass is 324 g/mol. The van der Waals surface area contributed by atoms with Gasteiger partial charge in [-0.25, -0.2) is 0 Å². The number of para-hydroxylation sites is 1. The summed E-state index contributed by atoms with van der Waals surface area (Å²) in [5, 5.41) is 15.8. The van der Waals surface area contributed by atoms with E-state index in [1.54, 1.807) is 10.9 Å². The van der Waals surface area contributed by atoms with E-state index in [4.69, 9.17) is 0 Å². The lowest BCUT2D eigenvalue weighted by Gasteiger charge is -2.33. The molecule has 1 aliphatic heterocycles. The zero-order valence-electron chi connectivity index (χ0n) is 13.8. The fraction of sp³-hybridized carbons (Fsp3) is 0.421. The topological polar surface area (TPSA) is 57.1 Å². The van der Waals surface area contributed by atoms with E-state index in [1.165, 1.54) is 16.5 Å². The van der Waals surface area contributed by atoms with Gasteiger partial charge in [-0.2, -0.15) is 5.10 Å². The number of nitrogens with zero attached hydrogens (tertiary/aromatic N) is 3. The zero-order chi connectivity index (χ0) is 16.4. The highest BCUT2D eigenvalue weighted by molar-refractivity contribution is 5.83. The van der Waals surface area contributed by atoms with Gasteiger partial charge < -0.3 is 15.0 Å². The van der Waals surface area contributed by atoms with E-state index < -0.39 is 0 Å². The molecule has 5 heteroatoms. The molecule has 0 spiro atoms. The number of aromatic amines is 1. The molecule has 126 valence electrons. The maximum absolute atomic E-state index is 10.3. The summed E-state index contributed by atoms with van der Waals surface area (Å²) in [6.07, 6.45) is 7.75. The highest BCUT2D eigenvalue weighted by atomic mass is 16.3. The molecule has 2 aromatic heterocycles. The molecule has 1 aliphatic rings. The predicted octanol–water partition coefficient (Wildman–Crippen LogP) is 2.60. The molecule has 4 rings (SSSR count). The van der Waals surface area contributed by atoms with Crippen LogP contribution in [0.3, 0.4) is 0 Å². The average molecular weight is 324 g/mol. The van der Waals surface area contributed by atoms with Crippen LogP contribution >= 0.6 is 0 Å². The van der Waals surface area contributed by atoms with Gasteiger partial charge >= 0.3 is 0 Å². The third kappa shape index (κ3) is 3.23. The molecule has 1 saturated heterocycles. The fourth-order valence-corrected chi connectivity index (χ4v) is 3.84. The molecule has 24 heavy (non-hydrogen) atoms. The lowest BCUT2D eigenvalue weighted by atomic mass is 9.89. The Labute approximate surface area is 141 Å². The van der Waals surface area contributed by atoms with Crippen molar-refractivity contribution >= 4 is 10.9 Å². The molecule has 2 N–H and O–H groups in total. The number of benzene rings is 1. The molecule has 1 atom stereocenters. The lowest BCUT2D eigenvalue weighted by molar-refractivity contribution is 0.0823. The molecular formula is C19H24N4O. The van der Waals surface area contributed by atoms with E-state index in [-0.39, 0.29) is 6.10 Å². The highest BCUT2D eigenvalue weighted by Gasteiger charge is 2.24. The van der Waals surface area contributed by atoms with E-state index >= 15 is 0 Å². The summed E-state index contributed by atoms with van der Waals surface area (Å²) in [4.78, 5) is 5.76. The van der Waals surface area contributed by atoms with Crippen LogP contribution in [-0.2, 0) is 6.54 Å². The second-order valence-corrected chi connectivity index (χ2v) is 6.75. The van der Waals surface area contributed by atoms with Crippen LogP contribution in [0.5, 0.6) is 0 Å². The number of piperidine rings is 1. The number of nitrogens with one attached hydrogen (secondary N) is 1. The molecule has 0 aliphatic carbocycles. The van der Waals surface area contributed by atoms with Gasteiger partial charge in [0, 0.05) is 36.0 Å². The standard InChI is InChI=1S/C19H24N4O/c24-16(14-23-9-3-8-21-23)13-22-10-6-15(7-11-22)18-12-20-19-5-2-1-4-17(18)19/h1-5,8-9,12,15-16,20,24H,6-7,10-11,13-14H2/t16-/m1/s1. The van der Waals surface area contributed by atoms with Crippen molar-refractivity contribution in [3.8, 4) is 0 Å². The quantitative estimate of drug-likeness (QED) is 0.758. The van der Waals surface area contributed by atoms with Crippen molar-refractivity contribution in [1.29, 1.82) is 0 Å². The van der Waals surface area contributed by atoms with Gasteiger partial charge in [-0.05, 0) is 49.5 Å². The highest BCUT2D eigenvalue weighted by Crippen LogP contribution is 2.33. The maximum atomic E-state index is 10.3. The largest absolute Gasteiger partial charge is 0.390 e. The molecular weight excluding hydrogens is 300 g/mol. The smallest absolute Gasteiger partial charge is 0.0862 e. The second-order valence-electron chi connectivity index (χ2n) is 6.75. The van der Waals surface area contributed by atoms with E-state index in [2.05, 4.69) is 45.4 Å². The van der Waals surface area contributed by atoms with Crippen LogP contribution in [0, 0.1) is 0 Å². The normalized spacial score (nSPS) is 18.2. The lowest BCUT2D eigenvalue weighted by Crippen LogP contribution is -2.39. The molecule has 3 heterocycles. The number of likely N-dealkylation sites (tertiary alicyclic amines) is 1. The van der Waals surface area contributed by atoms with Crippen LogP contribution in [0.15, 0.2) is 48.9 Å². The number of fused-ring (bicyclic) bond motifs is 1. The molecule has 0 radical (unpaired) electrons. The summed E-state index contributed by atoms with van der Waals surface area (Å²) in [6, 6.07) is 10.4. The van der Waals surface area contributed by atoms with Gasteiger partial charge in [-0.1, -0.05) is 18.2 Å². The minimum absolute atomic E-state index is 0.366. The first-order valence-electron chi connectivity index (χ1n) is 8.73. The van der Waals surface area contributed by atoms with Gasteiger partial charge in [0.05, 0.1) is 12.6 Å². The Morgan fingerprint density at radius 1 is 1.17 bits per heavy atom. The van der Waals surface area contributed by atoms with Crippen LogP contribution in [-0.4, -0.2) is 50.5 Å². The molecule has 3 aromatic rings. The molecule has 0 unspecified atom stereocenters. The Morgan fingerprint density at radius 3 is 2.79 bits per heavy atom. The SMILES string of the molecule is O[C@H](CN1CCC(c2c[nH]c3ccccc23)CC1)Cn1cccn1. The molecule has 1 aromatic carbocycles. The maximum Gasteiger partial charge on any atom is 0.0862 e. The number of aromatic nitrogens is 3. The summed E-state index contributed by atoms with van der Waals surface area (Å²) in [6.45, 7) is 3.37. The molecule has 0 bridgehead atoms. The molecule has 0 saturated carbocycles. The number of hydrogen-bond donors (Lipinski definition) is 2. The minimum Gasteiger partial charge on any atom is -0.390 e. The number of hydrogen-bond acceptors (Lipinski definition) is 3. The summed E-state index contributed by atoms with van der Waals surface area (Å²) in [7, 11) is 0. The van der Waals surface area contributed by atoms with E-state index in [0.29, 0.717) is 12.5 Å². The van der Waals surface area contributed by atoms with Crippen LogP contribution in [0.1, 0.15) is 24.3 Å². The predicted molar refractivity (Wildman–Crippen MR) is 94.9 cm³/mol. The Kier molecular flexibility index (Phi) is 4.36. The first-order valence-corrected chi connectivity index (χ1v) is 8.73. The van der Waals surface area contributed by atoms with Crippen molar-refractivity contribution < 1.29 is 5.11 Å². The third-order valence-electron chi connectivity index (χ3n) is 5.07. The van der Waals surface area contributed by atoms with Gasteiger partial charge in [-0.15, -0.1) is 0 Å². The van der Waals surface area contributed by atoms with Crippen molar-refractivity contribution in [2.24, 2.45) is 0 Å². The Bertz CT molecular complexity index is 772. The van der Waals surface area contributed by atoms with Crippen molar-refractivity contribution in [3.63, 3.8) is 0 Å². The zero-order valence-corrected chi connectivity index (χ0v) is 13.8. The van der Waals surface area contributed by atoms with Gasteiger partial charge in [0.2, 0.25) is 0 Å². The minimum atomic E-state index is -0.366. The molecule has 1 fully saturated rings. The van der Waals surface area contributed by atoms with E-state index in [0.717, 1.165) is 32.5 Å². The number of β-amino-alcohol motifs (C(OH)–C–C–N with tert-alkyl or cyclic N) is 1. The number of rotatable bonds is 5. The summed E-state index contributed by atoms with van der Waals surface area (Å²) in [5.74, 6) is 0.612. The Hall–Kier alpha value is -2.11. The van der Waals surface area contributed by atoms with Crippen LogP contribution < -0.4 is 0 Å². The third-order valence-corrected chi connectivity index (χ3v) is 5.07. The van der Waals surface area contributed by atoms with E-state index in [9.17, 15) is 5.11 Å². The van der Waals surface area contributed by atoms with Crippen LogP contribution in [0.25, 0.3) is 10.9 Å².